The van der Waals surface area contributed by atoms with Gasteiger partial charge in [-0.1, -0.05) is 17.3 Å². The average Bonchev–Trinajstić information content (AvgIpc) is 3.84. The molecule has 4 aliphatic heterocycles. The summed E-state index contributed by atoms with van der Waals surface area (Å²) in [6.07, 6.45) is -12.4. The standard InChI is InChI=1S/C43H44N4O19/c1-16-10-24-30(26(52)11-16)32-33(36(56)31-23(35(32)55)8-7-9-28(31)64-29-12-27(53)34(54)17(2)59-29)47-25(42(57)65-40(24)47)15-58-14-22-13-46(45-44-22)41-38(61-19(4)49)37(60-18(3)48)39(62-20(5)50)43(66-41)63-21(6)51/h7-11,13,17,25,27,29,34,37-41,43,52-54H,12,14-15H2,1-6H3/t17-,25-,27+,29-,34-,37+,38-,39-,40?,41+,43-/m0/s1. The van der Waals surface area contributed by atoms with E-state index in [2.05, 4.69) is 10.3 Å². The van der Waals surface area contributed by atoms with Crippen LogP contribution in [0.25, 0.3) is 5.57 Å². The number of rotatable bonds is 11. The first-order chi connectivity index (χ1) is 31.3. The number of aliphatic hydroxyl groups is 2. The molecule has 23 heteroatoms. The maximum absolute atomic E-state index is 14.9. The van der Waals surface area contributed by atoms with E-state index in [1.54, 1.807) is 13.0 Å². The Morgan fingerprint density at radius 1 is 0.864 bits per heavy atom. The van der Waals surface area contributed by atoms with Gasteiger partial charge in [0.1, 0.15) is 29.0 Å². The number of benzene rings is 2. The Balaban J connectivity index is 1.08. The second-order valence-electron chi connectivity index (χ2n) is 16.1. The van der Waals surface area contributed by atoms with Gasteiger partial charge in [-0.15, -0.1) is 5.10 Å². The van der Waals surface area contributed by atoms with E-state index in [1.807, 2.05) is 0 Å². The van der Waals surface area contributed by atoms with Crippen LogP contribution in [0.1, 0.15) is 96.6 Å². The number of hydrogen-bond donors (Lipinski definition) is 3. The van der Waals surface area contributed by atoms with E-state index < -0.39 is 116 Å². The minimum Gasteiger partial charge on any atom is -0.507 e. The van der Waals surface area contributed by atoms with Crippen LogP contribution in [0.5, 0.6) is 11.5 Å². The van der Waals surface area contributed by atoms with Gasteiger partial charge < -0.3 is 62.9 Å². The number of aromatic hydroxyl groups is 1. The lowest BCUT2D eigenvalue weighted by atomic mass is 9.78. The third kappa shape index (κ3) is 8.46. The molecule has 11 atom stereocenters. The largest absolute Gasteiger partial charge is 0.507 e. The Morgan fingerprint density at radius 3 is 2.23 bits per heavy atom. The predicted molar refractivity (Wildman–Crippen MR) is 213 cm³/mol. The molecule has 1 aromatic heterocycles. The molecule has 350 valence electrons. The maximum Gasteiger partial charge on any atom is 0.333 e. The fourth-order valence-corrected chi connectivity index (χ4v) is 8.67. The summed E-state index contributed by atoms with van der Waals surface area (Å²) >= 11 is 0. The molecule has 1 aliphatic carbocycles. The van der Waals surface area contributed by atoms with Gasteiger partial charge in [0, 0.05) is 50.8 Å². The van der Waals surface area contributed by atoms with Crippen molar-refractivity contribution in [1.82, 2.24) is 19.9 Å². The van der Waals surface area contributed by atoms with Crippen molar-refractivity contribution in [2.45, 2.75) is 122 Å². The summed E-state index contributed by atoms with van der Waals surface area (Å²) in [6.45, 7) is 6.64. The van der Waals surface area contributed by atoms with Crippen molar-refractivity contribution < 1.29 is 91.5 Å². The van der Waals surface area contributed by atoms with E-state index in [0.29, 0.717) is 5.56 Å². The summed E-state index contributed by atoms with van der Waals surface area (Å²) in [5.74, 6) is -6.12. The molecule has 3 N–H and O–H groups in total. The summed E-state index contributed by atoms with van der Waals surface area (Å²) in [7, 11) is 0. The molecule has 0 spiro atoms. The average molecular weight is 921 g/mol. The van der Waals surface area contributed by atoms with Crippen molar-refractivity contribution in [3.8, 4) is 11.5 Å². The van der Waals surface area contributed by atoms with Crippen molar-refractivity contribution in [1.29, 1.82) is 0 Å². The molecule has 8 rings (SSSR count). The van der Waals surface area contributed by atoms with Crippen LogP contribution in [-0.4, -0.2) is 138 Å². The van der Waals surface area contributed by atoms with Gasteiger partial charge in [0.05, 0.1) is 42.8 Å². The molecule has 1 unspecified atom stereocenters. The molecular weight excluding hydrogens is 876 g/mol. The number of phenolic OH excluding ortho intramolecular Hbond substituents is 1. The summed E-state index contributed by atoms with van der Waals surface area (Å²) in [5.41, 5.74) is 0.196. The SMILES string of the molecule is CC(=O)O[C@H]1O[C@@H](n2cc(COC[C@H]3C(=O)OC4c5cc(C)cc(O)c5C5=C(C(=O)c6c(O[C@H]7C[C@@H](O)[C@@H](O)[C@H](C)O7)cccc6C5=O)N43)nn2)[C@@H](OC(C)=O)[C@@H](OC(C)=O)[C@@H]1OC(C)=O. The first kappa shape index (κ1) is 45.8. The van der Waals surface area contributed by atoms with Crippen LogP contribution in [0.2, 0.25) is 0 Å². The Bertz CT molecular complexity index is 2540. The number of nitrogens with zero attached hydrogens (tertiary/aromatic N) is 4. The number of fused-ring (bicyclic) bond motifs is 6. The first-order valence-electron chi connectivity index (χ1n) is 20.6. The van der Waals surface area contributed by atoms with E-state index in [0.717, 1.165) is 32.4 Å². The Kier molecular flexibility index (Phi) is 12.4. The van der Waals surface area contributed by atoms with Gasteiger partial charge in [0.2, 0.25) is 30.7 Å². The van der Waals surface area contributed by atoms with E-state index in [4.69, 9.17) is 42.6 Å². The van der Waals surface area contributed by atoms with Crippen LogP contribution in [0.15, 0.2) is 42.2 Å². The van der Waals surface area contributed by atoms with Crippen molar-refractivity contribution in [2.24, 2.45) is 0 Å². The number of aryl methyl sites for hydroxylation is 1. The Labute approximate surface area is 374 Å². The molecule has 0 radical (unpaired) electrons. The van der Waals surface area contributed by atoms with Crippen LogP contribution in [0.3, 0.4) is 0 Å². The number of aromatic nitrogens is 3. The molecule has 5 heterocycles. The van der Waals surface area contributed by atoms with Crippen molar-refractivity contribution in [3.63, 3.8) is 0 Å². The zero-order valence-electron chi connectivity index (χ0n) is 36.1. The molecule has 66 heavy (non-hydrogen) atoms. The van der Waals surface area contributed by atoms with E-state index in [9.17, 15) is 48.9 Å². The van der Waals surface area contributed by atoms with Crippen LogP contribution >= 0.6 is 0 Å². The van der Waals surface area contributed by atoms with Gasteiger partial charge in [0.25, 0.3) is 0 Å². The van der Waals surface area contributed by atoms with Crippen LogP contribution in [0, 0.1) is 6.92 Å². The van der Waals surface area contributed by atoms with E-state index in [1.165, 1.54) is 42.3 Å². The van der Waals surface area contributed by atoms with Gasteiger partial charge >= 0.3 is 29.8 Å². The molecule has 5 aliphatic rings. The number of ketones is 2. The van der Waals surface area contributed by atoms with Crippen LogP contribution in [-0.2, 0) is 68.5 Å². The quantitative estimate of drug-likeness (QED) is 0.178. The summed E-state index contributed by atoms with van der Waals surface area (Å²) in [5, 5.41) is 40.1. The third-order valence-corrected chi connectivity index (χ3v) is 11.3. The number of allylic oxidation sites excluding steroid dienone is 2. The van der Waals surface area contributed by atoms with Gasteiger partial charge in [-0.05, 0) is 37.6 Å². The molecule has 0 bridgehead atoms. The zero-order valence-corrected chi connectivity index (χ0v) is 36.1. The highest BCUT2D eigenvalue weighted by Crippen LogP contribution is 2.52. The number of esters is 5. The topological polar surface area (TPSA) is 297 Å². The highest BCUT2D eigenvalue weighted by molar-refractivity contribution is 6.41. The third-order valence-electron chi connectivity index (χ3n) is 11.3. The monoisotopic (exact) mass is 920 g/mol. The summed E-state index contributed by atoms with van der Waals surface area (Å²) in [6, 6.07) is 6.03. The summed E-state index contributed by atoms with van der Waals surface area (Å²) < 4.78 is 52.1. The number of aliphatic hydroxyl groups excluding tert-OH is 2. The van der Waals surface area contributed by atoms with Crippen LogP contribution < -0.4 is 4.74 Å². The number of hydrogen-bond acceptors (Lipinski definition) is 22. The van der Waals surface area contributed by atoms with Crippen LogP contribution in [0.4, 0.5) is 0 Å². The first-order valence-corrected chi connectivity index (χ1v) is 20.6. The second-order valence-corrected chi connectivity index (χ2v) is 16.1. The van der Waals surface area contributed by atoms with Crippen molar-refractivity contribution in [3.05, 3.63) is 75.7 Å². The minimum absolute atomic E-state index is 0.00255. The molecule has 3 fully saturated rings. The molecule has 3 saturated heterocycles. The maximum atomic E-state index is 14.9. The molecule has 2 aromatic carbocycles. The lowest BCUT2D eigenvalue weighted by Crippen LogP contribution is -2.60. The Morgan fingerprint density at radius 2 is 1.55 bits per heavy atom. The molecule has 0 amide bonds. The lowest BCUT2D eigenvalue weighted by molar-refractivity contribution is -0.313. The lowest BCUT2D eigenvalue weighted by Gasteiger charge is -2.43. The zero-order chi connectivity index (χ0) is 47.5. The van der Waals surface area contributed by atoms with Gasteiger partial charge in [-0.3, -0.25) is 28.8 Å². The smallest absolute Gasteiger partial charge is 0.333 e. The van der Waals surface area contributed by atoms with E-state index in [-0.39, 0.29) is 63.7 Å². The summed E-state index contributed by atoms with van der Waals surface area (Å²) in [4.78, 5) is 93.4. The number of Topliss-reactive ketones (excluding diaryl/α,β-unsaturated/α-hetero) is 2. The van der Waals surface area contributed by atoms with E-state index >= 15 is 0 Å². The number of phenols is 1. The van der Waals surface area contributed by atoms with Gasteiger partial charge in [-0.2, -0.15) is 0 Å². The van der Waals surface area contributed by atoms with Crippen molar-refractivity contribution in [2.75, 3.05) is 6.61 Å². The molecule has 23 nitrogen and oxygen atoms in total. The number of carbonyl (C=O) groups excluding carboxylic acids is 7. The number of carbonyl (C=O) groups is 7. The fraction of sp³-hybridized carbons (Fsp3) is 0.465. The molecule has 0 saturated carbocycles. The molecule has 3 aromatic rings. The second kappa shape index (κ2) is 17.9. The van der Waals surface area contributed by atoms with Crippen molar-refractivity contribution >= 4 is 47.0 Å². The number of ether oxygens (including phenoxy) is 9. The normalized spacial score (nSPS) is 28.9. The molecular formula is C43H44N4O19. The Hall–Kier alpha value is -6.79. The predicted octanol–water partition coefficient (Wildman–Crippen LogP) is 0.987. The van der Waals surface area contributed by atoms with Gasteiger partial charge in [0.15, 0.2) is 30.3 Å². The van der Waals surface area contributed by atoms with Gasteiger partial charge in [-0.25, -0.2) is 9.48 Å². The fourth-order valence-electron chi connectivity index (χ4n) is 8.67. The highest BCUT2D eigenvalue weighted by atomic mass is 16.7. The highest BCUT2D eigenvalue weighted by Gasteiger charge is 2.56. The minimum atomic E-state index is -1.69.